The maximum atomic E-state index is 10.4. The number of rotatable bonds is 17. The van der Waals surface area contributed by atoms with E-state index in [2.05, 4.69) is 25.3 Å². The molecule has 0 heterocycles. The van der Waals surface area contributed by atoms with E-state index >= 15 is 0 Å². The van der Waals surface area contributed by atoms with E-state index in [1.54, 1.807) is 0 Å². The molecule has 0 rings (SSSR count). The number of unbranched alkanes of at least 4 members (excludes halogenated alkanes) is 2. The third kappa shape index (κ3) is 19.1. The van der Waals surface area contributed by atoms with Gasteiger partial charge in [-0.05, 0) is 44.9 Å². The summed E-state index contributed by atoms with van der Waals surface area (Å²) in [6.45, 7) is 0. The molecular formula is C16H32O4S4. The molecule has 3 N–H and O–H groups in total. The second-order valence-corrected chi connectivity index (χ2v) is 10.1. The predicted octanol–water partition coefficient (Wildman–Crippen LogP) is 4.26. The summed E-state index contributed by atoms with van der Waals surface area (Å²) in [6.07, 6.45) is 7.19. The Morgan fingerprint density at radius 2 is 1.25 bits per heavy atom. The molecule has 0 spiro atoms. The molecule has 0 aromatic rings. The van der Waals surface area contributed by atoms with Crippen molar-refractivity contribution in [1.29, 1.82) is 0 Å². The normalized spacial score (nSPS) is 14.0. The van der Waals surface area contributed by atoms with Gasteiger partial charge in [0.2, 0.25) is 0 Å². The lowest BCUT2D eigenvalue weighted by molar-refractivity contribution is -0.137. The van der Waals surface area contributed by atoms with Crippen molar-refractivity contribution in [3.8, 4) is 0 Å². The molecule has 4 nitrogen and oxygen atoms in total. The summed E-state index contributed by atoms with van der Waals surface area (Å²) >= 11 is 9.13. The molecule has 0 aromatic carbocycles. The van der Waals surface area contributed by atoms with Gasteiger partial charge in [0.05, 0.1) is 0 Å². The van der Waals surface area contributed by atoms with Gasteiger partial charge in [-0.15, -0.1) is 0 Å². The first kappa shape index (κ1) is 24.8. The van der Waals surface area contributed by atoms with Gasteiger partial charge < -0.3 is 15.3 Å². The molecule has 0 fully saturated rings. The van der Waals surface area contributed by atoms with Crippen LogP contribution in [0.5, 0.6) is 0 Å². The minimum atomic E-state index is -1.18. The van der Waals surface area contributed by atoms with Crippen molar-refractivity contribution in [3.63, 3.8) is 0 Å². The highest BCUT2D eigenvalue weighted by Crippen LogP contribution is 2.27. The maximum absolute atomic E-state index is 10.4. The molecule has 0 saturated carbocycles. The van der Waals surface area contributed by atoms with Crippen LogP contribution in [0.1, 0.15) is 64.2 Å². The van der Waals surface area contributed by atoms with Gasteiger partial charge in [0.15, 0.2) is 6.29 Å². The van der Waals surface area contributed by atoms with Crippen LogP contribution in [0.2, 0.25) is 0 Å². The molecule has 2 unspecified atom stereocenters. The smallest absolute Gasteiger partial charge is 0.303 e. The largest absolute Gasteiger partial charge is 0.481 e. The van der Waals surface area contributed by atoms with E-state index in [0.29, 0.717) is 16.9 Å². The molecule has 0 bridgehead atoms. The SMILES string of the molecule is O=C(O)CCCCC(S)CCSSCCC(S)CCCCC(O)O. The first-order chi connectivity index (χ1) is 11.4. The molecule has 0 radical (unpaired) electrons. The number of carbonyl (C=O) groups is 1. The van der Waals surface area contributed by atoms with Crippen LogP contribution in [0.15, 0.2) is 0 Å². The van der Waals surface area contributed by atoms with Gasteiger partial charge in [0.1, 0.15) is 0 Å². The highest BCUT2D eigenvalue weighted by Gasteiger charge is 2.06. The predicted molar refractivity (Wildman–Crippen MR) is 112 cm³/mol. The van der Waals surface area contributed by atoms with E-state index in [4.69, 9.17) is 15.3 Å². The summed E-state index contributed by atoms with van der Waals surface area (Å²) in [5.41, 5.74) is 0. The van der Waals surface area contributed by atoms with E-state index in [1.807, 2.05) is 21.6 Å². The van der Waals surface area contributed by atoms with Crippen molar-refractivity contribution in [2.75, 3.05) is 11.5 Å². The van der Waals surface area contributed by atoms with Crippen molar-refractivity contribution in [1.82, 2.24) is 0 Å². The number of thiol groups is 2. The Balaban J connectivity index is 3.32. The Hall–Kier alpha value is 0.790. The standard InChI is InChI=1S/C16H32O4S4/c17-15(18)7-3-1-5-13(21)9-11-23-24-12-10-14(22)6-2-4-8-16(19)20/h13-15,17-18,21-22H,1-12H2,(H,19,20). The zero-order valence-corrected chi connectivity index (χ0v) is 17.6. The lowest BCUT2D eigenvalue weighted by atomic mass is 10.1. The number of aliphatic hydroxyl groups excluding tert-OH is 1. The van der Waals surface area contributed by atoms with Crippen molar-refractivity contribution in [2.24, 2.45) is 0 Å². The second-order valence-electron chi connectivity index (χ2n) is 5.93. The van der Waals surface area contributed by atoms with Gasteiger partial charge in [-0.3, -0.25) is 4.79 Å². The number of carboxylic acids is 1. The number of hydrogen-bond acceptors (Lipinski definition) is 7. The number of aliphatic carboxylic acids is 1. The van der Waals surface area contributed by atoms with E-state index in [1.165, 1.54) is 0 Å². The molecule has 144 valence electrons. The van der Waals surface area contributed by atoms with Crippen LogP contribution >= 0.6 is 46.8 Å². The molecule has 0 aliphatic carbocycles. The lowest BCUT2D eigenvalue weighted by Crippen LogP contribution is -2.05. The van der Waals surface area contributed by atoms with E-state index in [9.17, 15) is 4.79 Å². The summed E-state index contributed by atoms with van der Waals surface area (Å²) in [5.74, 6) is 1.44. The van der Waals surface area contributed by atoms with E-state index < -0.39 is 12.3 Å². The monoisotopic (exact) mass is 416 g/mol. The van der Waals surface area contributed by atoms with E-state index in [0.717, 1.165) is 62.9 Å². The molecular weight excluding hydrogens is 384 g/mol. The Kier molecular flexibility index (Phi) is 17.8. The fourth-order valence-corrected chi connectivity index (χ4v) is 5.39. The Bertz CT molecular complexity index is 306. The fraction of sp³-hybridized carbons (Fsp3) is 0.938. The highest BCUT2D eigenvalue weighted by molar-refractivity contribution is 8.76. The van der Waals surface area contributed by atoms with Crippen molar-refractivity contribution >= 4 is 52.8 Å². The van der Waals surface area contributed by atoms with Crippen LogP contribution in [-0.4, -0.2) is 49.6 Å². The minimum Gasteiger partial charge on any atom is -0.481 e. The maximum Gasteiger partial charge on any atom is 0.303 e. The fourth-order valence-electron chi connectivity index (χ4n) is 2.14. The number of aliphatic hydroxyl groups is 2. The number of hydrogen-bond donors (Lipinski definition) is 5. The van der Waals surface area contributed by atoms with Gasteiger partial charge in [0, 0.05) is 28.4 Å². The lowest BCUT2D eigenvalue weighted by Gasteiger charge is -2.11. The molecule has 8 heteroatoms. The van der Waals surface area contributed by atoms with E-state index in [-0.39, 0.29) is 6.42 Å². The van der Waals surface area contributed by atoms with Crippen LogP contribution in [-0.2, 0) is 4.79 Å². The zero-order chi connectivity index (χ0) is 18.2. The second kappa shape index (κ2) is 17.2. The number of carboxylic acid groups (broad SMARTS) is 1. The molecule has 0 aliphatic heterocycles. The van der Waals surface area contributed by atoms with Gasteiger partial charge >= 0.3 is 5.97 Å². The van der Waals surface area contributed by atoms with Crippen LogP contribution in [0.25, 0.3) is 0 Å². The third-order valence-electron chi connectivity index (χ3n) is 3.58. The van der Waals surface area contributed by atoms with Crippen molar-refractivity contribution in [3.05, 3.63) is 0 Å². The molecule has 0 aliphatic rings. The van der Waals surface area contributed by atoms with Crippen LogP contribution in [0.3, 0.4) is 0 Å². The summed E-state index contributed by atoms with van der Waals surface area (Å²) < 4.78 is 0. The summed E-state index contributed by atoms with van der Waals surface area (Å²) in [5, 5.41) is 26.9. The van der Waals surface area contributed by atoms with Gasteiger partial charge in [0.25, 0.3) is 0 Å². The molecule has 2 atom stereocenters. The molecule has 24 heavy (non-hydrogen) atoms. The van der Waals surface area contributed by atoms with Crippen LogP contribution < -0.4 is 0 Å². The van der Waals surface area contributed by atoms with Crippen molar-refractivity contribution < 1.29 is 20.1 Å². The highest BCUT2D eigenvalue weighted by atomic mass is 33.1. The summed E-state index contributed by atoms with van der Waals surface area (Å²) in [4.78, 5) is 10.4. The Morgan fingerprint density at radius 1 is 0.792 bits per heavy atom. The average Bonchev–Trinajstić information content (AvgIpc) is 2.51. The molecule has 0 amide bonds. The van der Waals surface area contributed by atoms with Gasteiger partial charge in [-0.25, -0.2) is 0 Å². The Labute approximate surface area is 165 Å². The molecule has 0 aromatic heterocycles. The summed E-state index contributed by atoms with van der Waals surface area (Å²) in [7, 11) is 3.75. The zero-order valence-electron chi connectivity index (χ0n) is 14.2. The van der Waals surface area contributed by atoms with Crippen molar-refractivity contribution in [2.45, 2.75) is 81.0 Å². The average molecular weight is 417 g/mol. The molecule has 0 saturated heterocycles. The minimum absolute atomic E-state index is 0.260. The quantitative estimate of drug-likeness (QED) is 0.106. The van der Waals surface area contributed by atoms with Crippen LogP contribution in [0.4, 0.5) is 0 Å². The van der Waals surface area contributed by atoms with Crippen LogP contribution in [0, 0.1) is 0 Å². The first-order valence-electron chi connectivity index (χ1n) is 8.60. The Morgan fingerprint density at radius 3 is 1.71 bits per heavy atom. The topological polar surface area (TPSA) is 77.8 Å². The first-order valence-corrected chi connectivity index (χ1v) is 12.1. The summed E-state index contributed by atoms with van der Waals surface area (Å²) in [6, 6.07) is 0. The third-order valence-corrected chi connectivity index (χ3v) is 7.08. The van der Waals surface area contributed by atoms with Gasteiger partial charge in [-0.2, -0.15) is 25.3 Å². The van der Waals surface area contributed by atoms with Gasteiger partial charge in [-0.1, -0.05) is 34.4 Å².